The van der Waals surface area contributed by atoms with E-state index in [9.17, 15) is 4.79 Å². The number of methoxy groups -OCH3 is 1. The molecule has 4 heteroatoms. The van der Waals surface area contributed by atoms with Gasteiger partial charge in [0.1, 0.15) is 5.76 Å². The molecule has 0 spiro atoms. The van der Waals surface area contributed by atoms with E-state index in [0.29, 0.717) is 0 Å². The number of furan rings is 1. The van der Waals surface area contributed by atoms with E-state index in [1.54, 1.807) is 12.1 Å². The van der Waals surface area contributed by atoms with Gasteiger partial charge in [-0.2, -0.15) is 0 Å². The van der Waals surface area contributed by atoms with Gasteiger partial charge in [-0.1, -0.05) is 30.3 Å². The lowest BCUT2D eigenvalue weighted by molar-refractivity contribution is 0.0562. The molecule has 1 unspecified atom stereocenters. The molecule has 0 bridgehead atoms. The molecule has 1 aromatic carbocycles. The van der Waals surface area contributed by atoms with Crippen molar-refractivity contribution >= 4 is 5.97 Å². The third-order valence-corrected chi connectivity index (χ3v) is 2.99. The lowest BCUT2D eigenvalue weighted by atomic mass is 10.0. The van der Waals surface area contributed by atoms with E-state index in [1.165, 1.54) is 12.7 Å². The molecule has 100 valence electrons. The maximum absolute atomic E-state index is 11.4. The van der Waals surface area contributed by atoms with Crippen LogP contribution in [0, 0.1) is 0 Å². The SMILES string of the molecule is CNC(Cc1ccccc1)c1ccc(C(=O)OC)o1. The number of carbonyl (C=O) groups is 1. The summed E-state index contributed by atoms with van der Waals surface area (Å²) in [6.07, 6.45) is 0.797. The van der Waals surface area contributed by atoms with E-state index < -0.39 is 5.97 Å². The first-order valence-electron chi connectivity index (χ1n) is 6.14. The van der Waals surface area contributed by atoms with Crippen LogP contribution in [0.15, 0.2) is 46.9 Å². The Morgan fingerprint density at radius 1 is 1.26 bits per heavy atom. The molecule has 0 aliphatic heterocycles. The van der Waals surface area contributed by atoms with Crippen LogP contribution in [0.2, 0.25) is 0 Å². The van der Waals surface area contributed by atoms with Gasteiger partial charge in [-0.05, 0) is 31.2 Å². The Balaban J connectivity index is 2.13. The fourth-order valence-corrected chi connectivity index (χ4v) is 1.95. The van der Waals surface area contributed by atoms with Gasteiger partial charge >= 0.3 is 5.97 Å². The van der Waals surface area contributed by atoms with Crippen LogP contribution < -0.4 is 5.32 Å². The number of nitrogens with one attached hydrogen (secondary N) is 1. The van der Waals surface area contributed by atoms with Crippen molar-refractivity contribution in [2.75, 3.05) is 14.2 Å². The zero-order valence-corrected chi connectivity index (χ0v) is 11.1. The molecule has 2 aromatic rings. The van der Waals surface area contributed by atoms with Crippen molar-refractivity contribution in [3.05, 3.63) is 59.5 Å². The smallest absolute Gasteiger partial charge is 0.373 e. The van der Waals surface area contributed by atoms with Crippen molar-refractivity contribution < 1.29 is 13.9 Å². The summed E-state index contributed by atoms with van der Waals surface area (Å²) in [5.74, 6) is 0.498. The van der Waals surface area contributed by atoms with Crippen molar-refractivity contribution in [1.29, 1.82) is 0 Å². The predicted octanol–water partition coefficient (Wildman–Crippen LogP) is 2.57. The number of hydrogen-bond acceptors (Lipinski definition) is 4. The number of ether oxygens (including phenoxy) is 1. The number of hydrogen-bond donors (Lipinski definition) is 1. The second-order valence-electron chi connectivity index (χ2n) is 4.22. The van der Waals surface area contributed by atoms with Crippen LogP contribution in [0.1, 0.15) is 27.9 Å². The summed E-state index contributed by atoms with van der Waals surface area (Å²) in [6, 6.07) is 13.6. The molecule has 0 saturated carbocycles. The first kappa shape index (κ1) is 13.4. The molecule has 1 aromatic heterocycles. The van der Waals surface area contributed by atoms with Crippen molar-refractivity contribution in [3.8, 4) is 0 Å². The number of esters is 1. The first-order chi connectivity index (χ1) is 9.24. The van der Waals surface area contributed by atoms with Gasteiger partial charge in [-0.3, -0.25) is 0 Å². The molecule has 4 nitrogen and oxygen atoms in total. The predicted molar refractivity (Wildman–Crippen MR) is 72.0 cm³/mol. The van der Waals surface area contributed by atoms with Gasteiger partial charge in [0.2, 0.25) is 5.76 Å². The summed E-state index contributed by atoms with van der Waals surface area (Å²) in [4.78, 5) is 11.4. The van der Waals surface area contributed by atoms with Gasteiger partial charge in [0, 0.05) is 0 Å². The van der Waals surface area contributed by atoms with Crippen LogP contribution in [-0.4, -0.2) is 20.1 Å². The molecular formula is C15H17NO3. The standard InChI is InChI=1S/C15H17NO3/c1-16-12(10-11-6-4-3-5-7-11)13-8-9-14(19-13)15(17)18-2/h3-9,12,16H,10H2,1-2H3. The third-order valence-electron chi connectivity index (χ3n) is 2.99. The Hall–Kier alpha value is -2.07. The second-order valence-corrected chi connectivity index (χ2v) is 4.22. The molecule has 0 aliphatic rings. The average molecular weight is 259 g/mol. The third kappa shape index (κ3) is 3.23. The molecule has 0 amide bonds. The maximum Gasteiger partial charge on any atom is 0.373 e. The Kier molecular flexibility index (Phi) is 4.36. The highest BCUT2D eigenvalue weighted by Crippen LogP contribution is 2.21. The minimum atomic E-state index is -0.458. The topological polar surface area (TPSA) is 51.5 Å². The summed E-state index contributed by atoms with van der Waals surface area (Å²) in [7, 11) is 3.21. The molecule has 0 saturated heterocycles. The van der Waals surface area contributed by atoms with E-state index >= 15 is 0 Å². The van der Waals surface area contributed by atoms with E-state index in [1.807, 2.05) is 25.2 Å². The molecular weight excluding hydrogens is 242 g/mol. The molecule has 19 heavy (non-hydrogen) atoms. The monoisotopic (exact) mass is 259 g/mol. The minimum Gasteiger partial charge on any atom is -0.463 e. The molecule has 0 fully saturated rings. The van der Waals surface area contributed by atoms with E-state index in [0.717, 1.165) is 12.2 Å². The van der Waals surface area contributed by atoms with Gasteiger partial charge in [0.05, 0.1) is 13.2 Å². The summed E-state index contributed by atoms with van der Waals surface area (Å²) < 4.78 is 10.2. The Labute approximate surface area is 112 Å². The fourth-order valence-electron chi connectivity index (χ4n) is 1.95. The molecule has 0 aliphatic carbocycles. The van der Waals surface area contributed by atoms with Gasteiger partial charge in [0.25, 0.3) is 0 Å². The summed E-state index contributed by atoms with van der Waals surface area (Å²) in [6.45, 7) is 0. The number of rotatable bonds is 5. The van der Waals surface area contributed by atoms with Gasteiger partial charge in [-0.15, -0.1) is 0 Å². The van der Waals surface area contributed by atoms with Crippen LogP contribution in [0.5, 0.6) is 0 Å². The van der Waals surface area contributed by atoms with E-state index in [4.69, 9.17) is 4.42 Å². The Morgan fingerprint density at radius 2 is 2.00 bits per heavy atom. The number of carbonyl (C=O) groups excluding carboxylic acids is 1. The van der Waals surface area contributed by atoms with Gasteiger partial charge < -0.3 is 14.5 Å². The summed E-state index contributed by atoms with van der Waals surface area (Å²) in [5.41, 5.74) is 1.21. The highest BCUT2D eigenvalue weighted by atomic mass is 16.5. The molecule has 1 atom stereocenters. The van der Waals surface area contributed by atoms with Crippen molar-refractivity contribution in [2.45, 2.75) is 12.5 Å². The summed E-state index contributed by atoms with van der Waals surface area (Å²) in [5, 5.41) is 3.19. The zero-order chi connectivity index (χ0) is 13.7. The average Bonchev–Trinajstić information content (AvgIpc) is 2.94. The first-order valence-corrected chi connectivity index (χ1v) is 6.14. The number of likely N-dealkylation sites (N-methyl/N-ethyl adjacent to an activating group) is 1. The zero-order valence-electron chi connectivity index (χ0n) is 11.1. The van der Waals surface area contributed by atoms with Crippen LogP contribution in [-0.2, 0) is 11.2 Å². The van der Waals surface area contributed by atoms with E-state index in [-0.39, 0.29) is 11.8 Å². The number of benzene rings is 1. The van der Waals surface area contributed by atoms with Crippen LogP contribution in [0.4, 0.5) is 0 Å². The highest BCUT2D eigenvalue weighted by Gasteiger charge is 2.17. The second kappa shape index (κ2) is 6.20. The van der Waals surface area contributed by atoms with Gasteiger partial charge in [0.15, 0.2) is 0 Å². The fraction of sp³-hybridized carbons (Fsp3) is 0.267. The summed E-state index contributed by atoms with van der Waals surface area (Å²) >= 11 is 0. The highest BCUT2D eigenvalue weighted by molar-refractivity contribution is 5.86. The maximum atomic E-state index is 11.4. The molecule has 0 radical (unpaired) electrons. The normalized spacial score (nSPS) is 12.1. The molecule has 1 N–H and O–H groups in total. The van der Waals surface area contributed by atoms with Gasteiger partial charge in [-0.25, -0.2) is 4.79 Å². The Morgan fingerprint density at radius 3 is 2.63 bits per heavy atom. The lowest BCUT2D eigenvalue weighted by Gasteiger charge is -2.13. The van der Waals surface area contributed by atoms with Crippen molar-refractivity contribution in [1.82, 2.24) is 5.32 Å². The van der Waals surface area contributed by atoms with Crippen molar-refractivity contribution in [3.63, 3.8) is 0 Å². The molecule has 2 rings (SSSR count). The lowest BCUT2D eigenvalue weighted by Crippen LogP contribution is -2.18. The minimum absolute atomic E-state index is 0.0285. The van der Waals surface area contributed by atoms with Crippen LogP contribution >= 0.6 is 0 Å². The Bertz CT molecular complexity index is 533. The quantitative estimate of drug-likeness (QED) is 0.838. The van der Waals surface area contributed by atoms with Crippen molar-refractivity contribution in [2.24, 2.45) is 0 Å². The van der Waals surface area contributed by atoms with Crippen LogP contribution in [0.3, 0.4) is 0 Å². The molecule has 1 heterocycles. The van der Waals surface area contributed by atoms with Crippen LogP contribution in [0.25, 0.3) is 0 Å². The van der Waals surface area contributed by atoms with E-state index in [2.05, 4.69) is 22.2 Å². The largest absolute Gasteiger partial charge is 0.463 e.